The number of nitrogen functional groups attached to an aromatic ring is 1. The number of hydrogen-bond donors (Lipinski definition) is 1. The van der Waals surface area contributed by atoms with Gasteiger partial charge in [-0.1, -0.05) is 31.9 Å². The third kappa shape index (κ3) is 3.61. The number of anilines is 1. The van der Waals surface area contributed by atoms with E-state index >= 15 is 0 Å². The van der Waals surface area contributed by atoms with Crippen LogP contribution in [-0.4, -0.2) is 11.9 Å². The topological polar surface area (TPSA) is 52.3 Å². The van der Waals surface area contributed by atoms with Gasteiger partial charge in [-0.3, -0.25) is 4.79 Å². The molecular weight excluding hydrogens is 386 g/mol. The summed E-state index contributed by atoms with van der Waals surface area (Å²) in [6, 6.07) is 12.4. The Morgan fingerprint density at radius 1 is 1.15 bits per heavy atom. The molecule has 3 nitrogen and oxygen atoms in total. The summed E-state index contributed by atoms with van der Waals surface area (Å²) < 4.78 is 7.28. The van der Waals surface area contributed by atoms with Crippen molar-refractivity contribution in [2.24, 2.45) is 0 Å². The fourth-order valence-electron chi connectivity index (χ4n) is 1.71. The predicted molar refractivity (Wildman–Crippen MR) is 87.1 cm³/mol. The van der Waals surface area contributed by atoms with Gasteiger partial charge in [-0.05, 0) is 49.4 Å². The Morgan fingerprint density at radius 2 is 1.80 bits per heavy atom. The number of hydrogen-bond acceptors (Lipinski definition) is 3. The van der Waals surface area contributed by atoms with E-state index in [4.69, 9.17) is 10.5 Å². The summed E-state index contributed by atoms with van der Waals surface area (Å²) in [5.41, 5.74) is 6.86. The Hall–Kier alpha value is -1.33. The van der Waals surface area contributed by atoms with Gasteiger partial charge < -0.3 is 10.5 Å². The standard InChI is InChI=1S/C15H13Br2NO2/c1-9(20-12-5-3-11(18)4-6-12)15(19)13-7-2-10(16)8-14(13)17/h2-9H,18H2,1H3. The van der Waals surface area contributed by atoms with Crippen molar-refractivity contribution in [1.29, 1.82) is 0 Å². The van der Waals surface area contributed by atoms with E-state index in [1.54, 1.807) is 37.3 Å². The molecule has 0 aliphatic rings. The zero-order valence-corrected chi connectivity index (χ0v) is 13.9. The molecule has 1 unspecified atom stereocenters. The summed E-state index contributed by atoms with van der Waals surface area (Å²) in [5.74, 6) is 0.537. The minimum atomic E-state index is -0.573. The van der Waals surface area contributed by atoms with Crippen molar-refractivity contribution in [3.63, 3.8) is 0 Å². The van der Waals surface area contributed by atoms with Crippen molar-refractivity contribution in [3.8, 4) is 5.75 Å². The normalized spacial score (nSPS) is 11.9. The number of ether oxygens (including phenoxy) is 1. The van der Waals surface area contributed by atoms with Crippen LogP contribution >= 0.6 is 31.9 Å². The number of rotatable bonds is 4. The molecule has 2 aromatic carbocycles. The minimum Gasteiger partial charge on any atom is -0.483 e. The Balaban J connectivity index is 2.14. The predicted octanol–water partition coefficient (Wildman–Crippen LogP) is 4.44. The molecule has 1 atom stereocenters. The van der Waals surface area contributed by atoms with Gasteiger partial charge in [-0.15, -0.1) is 0 Å². The van der Waals surface area contributed by atoms with E-state index in [9.17, 15) is 4.79 Å². The lowest BCUT2D eigenvalue weighted by molar-refractivity contribution is 0.0817. The molecular formula is C15H13Br2NO2. The first-order valence-corrected chi connectivity index (χ1v) is 7.57. The van der Waals surface area contributed by atoms with Crippen LogP contribution in [0.2, 0.25) is 0 Å². The van der Waals surface area contributed by atoms with Crippen molar-refractivity contribution < 1.29 is 9.53 Å². The molecule has 0 heterocycles. The molecule has 0 radical (unpaired) electrons. The van der Waals surface area contributed by atoms with Gasteiger partial charge in [0.25, 0.3) is 0 Å². The highest BCUT2D eigenvalue weighted by molar-refractivity contribution is 9.11. The van der Waals surface area contributed by atoms with Gasteiger partial charge >= 0.3 is 0 Å². The molecule has 2 rings (SSSR count). The summed E-state index contributed by atoms with van der Waals surface area (Å²) in [6.45, 7) is 1.73. The van der Waals surface area contributed by atoms with E-state index in [2.05, 4.69) is 31.9 Å². The molecule has 2 aromatic rings. The molecule has 0 aromatic heterocycles. The first-order valence-electron chi connectivity index (χ1n) is 5.99. The summed E-state index contributed by atoms with van der Waals surface area (Å²) in [4.78, 5) is 12.4. The number of ketones is 1. The van der Waals surface area contributed by atoms with Crippen molar-refractivity contribution in [2.45, 2.75) is 13.0 Å². The van der Waals surface area contributed by atoms with Crippen LogP contribution in [0.25, 0.3) is 0 Å². The maximum Gasteiger partial charge on any atom is 0.204 e. The highest BCUT2D eigenvalue weighted by atomic mass is 79.9. The number of halogens is 2. The quantitative estimate of drug-likeness (QED) is 0.611. The van der Waals surface area contributed by atoms with E-state index in [1.807, 2.05) is 12.1 Å². The Morgan fingerprint density at radius 3 is 2.40 bits per heavy atom. The molecule has 5 heteroatoms. The van der Waals surface area contributed by atoms with E-state index < -0.39 is 6.10 Å². The highest BCUT2D eigenvalue weighted by Gasteiger charge is 2.19. The van der Waals surface area contributed by atoms with Crippen molar-refractivity contribution >= 4 is 43.3 Å². The molecule has 2 N–H and O–H groups in total. The second-order valence-corrected chi connectivity index (χ2v) is 6.09. The molecule has 0 saturated carbocycles. The first kappa shape index (κ1) is 15.1. The van der Waals surface area contributed by atoms with Crippen LogP contribution < -0.4 is 10.5 Å². The van der Waals surface area contributed by atoms with Gasteiger partial charge in [0.1, 0.15) is 5.75 Å². The van der Waals surface area contributed by atoms with Crippen LogP contribution in [0.1, 0.15) is 17.3 Å². The highest BCUT2D eigenvalue weighted by Crippen LogP contribution is 2.24. The number of Topliss-reactive ketones (excluding diaryl/α,β-unsaturated/α-hetero) is 1. The minimum absolute atomic E-state index is 0.0822. The molecule has 0 aliphatic carbocycles. The Kier molecular flexibility index (Phi) is 4.83. The van der Waals surface area contributed by atoms with Gasteiger partial charge in [0, 0.05) is 20.2 Å². The maximum absolute atomic E-state index is 12.4. The second-order valence-electron chi connectivity index (χ2n) is 4.32. The summed E-state index contributed by atoms with van der Waals surface area (Å²) in [6.07, 6.45) is -0.573. The SMILES string of the molecule is CC(Oc1ccc(N)cc1)C(=O)c1ccc(Br)cc1Br. The average molecular weight is 399 g/mol. The van der Waals surface area contributed by atoms with Crippen molar-refractivity contribution in [2.75, 3.05) is 5.73 Å². The second kappa shape index (κ2) is 6.41. The van der Waals surface area contributed by atoms with Crippen LogP contribution in [0, 0.1) is 0 Å². The molecule has 104 valence electrons. The monoisotopic (exact) mass is 397 g/mol. The summed E-state index contributed by atoms with van der Waals surface area (Å²) in [7, 11) is 0. The first-order chi connectivity index (χ1) is 9.47. The summed E-state index contributed by atoms with van der Waals surface area (Å²) >= 11 is 6.75. The van der Waals surface area contributed by atoms with Gasteiger partial charge in [0.2, 0.25) is 5.78 Å². The van der Waals surface area contributed by atoms with Crippen molar-refractivity contribution in [3.05, 3.63) is 57.0 Å². The van der Waals surface area contributed by atoms with Crippen molar-refractivity contribution in [1.82, 2.24) is 0 Å². The Bertz CT molecular complexity index is 626. The zero-order valence-electron chi connectivity index (χ0n) is 10.8. The van der Waals surface area contributed by atoms with E-state index in [-0.39, 0.29) is 5.78 Å². The third-order valence-corrected chi connectivity index (χ3v) is 3.91. The smallest absolute Gasteiger partial charge is 0.204 e. The molecule has 0 spiro atoms. The van der Waals surface area contributed by atoms with E-state index in [0.717, 1.165) is 8.95 Å². The lowest BCUT2D eigenvalue weighted by Crippen LogP contribution is -2.24. The van der Waals surface area contributed by atoms with Gasteiger partial charge in [-0.2, -0.15) is 0 Å². The van der Waals surface area contributed by atoms with Gasteiger partial charge in [-0.25, -0.2) is 0 Å². The van der Waals surface area contributed by atoms with Crippen LogP contribution in [0.4, 0.5) is 5.69 Å². The molecule has 0 saturated heterocycles. The third-order valence-electron chi connectivity index (χ3n) is 2.76. The molecule has 0 amide bonds. The fraction of sp³-hybridized carbons (Fsp3) is 0.133. The number of carbonyl (C=O) groups is 1. The largest absolute Gasteiger partial charge is 0.483 e. The average Bonchev–Trinajstić information content (AvgIpc) is 2.40. The fourth-order valence-corrected chi connectivity index (χ4v) is 2.95. The summed E-state index contributed by atoms with van der Waals surface area (Å²) in [5, 5.41) is 0. The van der Waals surface area contributed by atoms with Gasteiger partial charge in [0.05, 0.1) is 0 Å². The number of benzene rings is 2. The lowest BCUT2D eigenvalue weighted by Gasteiger charge is -2.14. The van der Waals surface area contributed by atoms with Crippen LogP contribution in [0.15, 0.2) is 51.4 Å². The molecule has 20 heavy (non-hydrogen) atoms. The van der Waals surface area contributed by atoms with E-state index in [1.165, 1.54) is 0 Å². The maximum atomic E-state index is 12.4. The molecule has 0 fully saturated rings. The number of nitrogens with two attached hydrogens (primary N) is 1. The molecule has 0 aliphatic heterocycles. The van der Waals surface area contributed by atoms with Crippen LogP contribution in [0.5, 0.6) is 5.75 Å². The van der Waals surface area contributed by atoms with E-state index in [0.29, 0.717) is 17.0 Å². The number of carbonyl (C=O) groups excluding carboxylic acids is 1. The van der Waals surface area contributed by atoms with Crippen LogP contribution in [0.3, 0.4) is 0 Å². The lowest BCUT2D eigenvalue weighted by atomic mass is 10.1. The zero-order chi connectivity index (χ0) is 14.7. The van der Waals surface area contributed by atoms with Gasteiger partial charge in [0.15, 0.2) is 6.10 Å². The molecule has 0 bridgehead atoms. The van der Waals surface area contributed by atoms with Crippen LogP contribution in [-0.2, 0) is 0 Å². The Labute approximate surface area is 134 Å².